The molecule has 0 aromatic carbocycles. The van der Waals surface area contributed by atoms with E-state index in [-0.39, 0.29) is 31.1 Å². The minimum absolute atomic E-state index is 0.0725. The minimum atomic E-state index is -0.773. The molecule has 0 fully saturated rings. The maximum atomic E-state index is 12.8. The van der Waals surface area contributed by atoms with Crippen molar-refractivity contribution in [2.75, 3.05) is 13.2 Å². The zero-order valence-electron chi connectivity index (χ0n) is 47.2. The van der Waals surface area contributed by atoms with Gasteiger partial charge in [-0.05, 0) is 77.0 Å². The fraction of sp³-hybridized carbons (Fsp3) is 0.800. The second-order valence-electron chi connectivity index (χ2n) is 20.6. The summed E-state index contributed by atoms with van der Waals surface area (Å²) < 4.78 is 16.8. The van der Waals surface area contributed by atoms with Gasteiger partial charge in [-0.2, -0.15) is 0 Å². The molecule has 0 radical (unpaired) electrons. The second-order valence-corrected chi connectivity index (χ2v) is 20.6. The summed E-state index contributed by atoms with van der Waals surface area (Å²) in [5.74, 6) is -0.869. The number of hydrogen-bond donors (Lipinski definition) is 0. The van der Waals surface area contributed by atoms with Crippen molar-refractivity contribution in [1.29, 1.82) is 0 Å². The van der Waals surface area contributed by atoms with Crippen LogP contribution in [0.4, 0.5) is 0 Å². The first-order valence-electron chi connectivity index (χ1n) is 30.8. The van der Waals surface area contributed by atoms with E-state index in [0.717, 1.165) is 96.3 Å². The molecule has 0 aliphatic heterocycles. The third-order valence-electron chi connectivity index (χ3n) is 13.5. The maximum absolute atomic E-state index is 12.8. The van der Waals surface area contributed by atoms with E-state index in [1.54, 1.807) is 0 Å². The van der Waals surface area contributed by atoms with Crippen molar-refractivity contribution in [3.05, 3.63) is 60.8 Å². The molecule has 0 aliphatic carbocycles. The standard InChI is InChI=1S/C65H116O6/c1-4-7-10-13-16-19-22-23-24-25-26-27-28-29-30-31-32-33-34-35-36-37-38-39-40-41-44-46-49-52-55-58-64(67)70-61-62(71-65(68)59-56-53-50-47-43-21-18-15-12-9-6-3)60-69-63(66)57-54-51-48-45-42-20-17-14-11-8-5-2/h7,10,15-16,18-19,23-24,26-27,62H,4-6,8-9,11-14,17,20-22,25,28-61H2,1-3H3/b10-7-,18-15-,19-16-,24-23-,27-26-. The molecule has 0 spiro atoms. The zero-order valence-corrected chi connectivity index (χ0v) is 47.2. The number of ether oxygens (including phenoxy) is 3. The van der Waals surface area contributed by atoms with Crippen LogP contribution in [0.2, 0.25) is 0 Å². The van der Waals surface area contributed by atoms with Crippen LogP contribution < -0.4 is 0 Å². The van der Waals surface area contributed by atoms with Gasteiger partial charge in [0.1, 0.15) is 13.2 Å². The first kappa shape index (κ1) is 68.1. The monoisotopic (exact) mass is 993 g/mol. The molecule has 0 N–H and O–H groups in total. The average Bonchev–Trinajstić information content (AvgIpc) is 3.37. The van der Waals surface area contributed by atoms with Crippen LogP contribution in [0, 0.1) is 0 Å². The molecule has 71 heavy (non-hydrogen) atoms. The minimum Gasteiger partial charge on any atom is -0.462 e. The molecule has 0 aliphatic rings. The second kappa shape index (κ2) is 59.7. The van der Waals surface area contributed by atoms with Crippen LogP contribution in [0.3, 0.4) is 0 Å². The molecule has 1 unspecified atom stereocenters. The molecule has 0 heterocycles. The molecular weight excluding hydrogens is 877 g/mol. The Morgan fingerprint density at radius 1 is 0.296 bits per heavy atom. The van der Waals surface area contributed by atoms with Gasteiger partial charge in [-0.3, -0.25) is 14.4 Å². The van der Waals surface area contributed by atoms with Gasteiger partial charge in [0.25, 0.3) is 0 Å². The van der Waals surface area contributed by atoms with Crippen LogP contribution in [0.15, 0.2) is 60.8 Å². The summed E-state index contributed by atoms with van der Waals surface area (Å²) in [5, 5.41) is 0. The molecule has 0 rings (SSSR count). The lowest BCUT2D eigenvalue weighted by Crippen LogP contribution is -2.30. The van der Waals surface area contributed by atoms with Crippen LogP contribution >= 0.6 is 0 Å². The van der Waals surface area contributed by atoms with Gasteiger partial charge in [0.2, 0.25) is 0 Å². The fourth-order valence-corrected chi connectivity index (χ4v) is 8.89. The normalized spacial score (nSPS) is 12.4. The fourth-order valence-electron chi connectivity index (χ4n) is 8.89. The molecule has 1 atom stereocenters. The molecule has 0 aromatic rings. The van der Waals surface area contributed by atoms with E-state index in [9.17, 15) is 14.4 Å². The number of esters is 3. The number of unbranched alkanes of at least 4 members (excludes halogenated alkanes) is 35. The molecule has 0 saturated carbocycles. The van der Waals surface area contributed by atoms with Gasteiger partial charge in [0.05, 0.1) is 0 Å². The van der Waals surface area contributed by atoms with E-state index in [2.05, 4.69) is 81.5 Å². The summed E-state index contributed by atoms with van der Waals surface area (Å²) in [7, 11) is 0. The number of hydrogen-bond acceptors (Lipinski definition) is 6. The Kier molecular flexibility index (Phi) is 57.2. The van der Waals surface area contributed by atoms with E-state index in [1.807, 2.05) is 0 Å². The van der Waals surface area contributed by atoms with Gasteiger partial charge in [0.15, 0.2) is 6.10 Å². The molecule has 0 saturated heterocycles. The molecule has 6 heteroatoms. The number of allylic oxidation sites excluding steroid dienone is 10. The van der Waals surface area contributed by atoms with Crippen molar-refractivity contribution in [3.8, 4) is 0 Å². The SMILES string of the molecule is CC/C=C\C/C=C\C/C=C\C/C=C\CCCCCCCCCCCCCCCCCCCCC(=O)OCC(COC(=O)CCCCCCCCCCCCC)OC(=O)CCCCCCC/C=C\CCCC. The number of rotatable bonds is 56. The predicted molar refractivity (Wildman–Crippen MR) is 307 cm³/mol. The molecule has 0 bridgehead atoms. The van der Waals surface area contributed by atoms with E-state index in [1.165, 1.54) is 180 Å². The van der Waals surface area contributed by atoms with Crippen molar-refractivity contribution in [1.82, 2.24) is 0 Å². The van der Waals surface area contributed by atoms with Crippen LogP contribution in [0.5, 0.6) is 0 Å². The van der Waals surface area contributed by atoms with Gasteiger partial charge in [-0.15, -0.1) is 0 Å². The Morgan fingerprint density at radius 2 is 0.563 bits per heavy atom. The highest BCUT2D eigenvalue weighted by atomic mass is 16.6. The summed E-state index contributed by atoms with van der Waals surface area (Å²) in [4.78, 5) is 38.0. The van der Waals surface area contributed by atoms with Crippen LogP contribution in [-0.4, -0.2) is 37.2 Å². The molecule has 0 amide bonds. The highest BCUT2D eigenvalue weighted by Gasteiger charge is 2.19. The van der Waals surface area contributed by atoms with Crippen molar-refractivity contribution in [3.63, 3.8) is 0 Å². The smallest absolute Gasteiger partial charge is 0.306 e. The quantitative estimate of drug-likeness (QED) is 0.0261. The van der Waals surface area contributed by atoms with Gasteiger partial charge >= 0.3 is 17.9 Å². The van der Waals surface area contributed by atoms with Crippen LogP contribution in [0.25, 0.3) is 0 Å². The van der Waals surface area contributed by atoms with Gasteiger partial charge in [-0.1, -0.05) is 281 Å². The Balaban J connectivity index is 4.05. The maximum Gasteiger partial charge on any atom is 0.306 e. The summed E-state index contributed by atoms with van der Waals surface area (Å²) in [6.45, 7) is 6.50. The number of carbonyl (C=O) groups is 3. The van der Waals surface area contributed by atoms with E-state index >= 15 is 0 Å². The first-order valence-corrected chi connectivity index (χ1v) is 30.8. The lowest BCUT2D eigenvalue weighted by atomic mass is 10.0. The molecule has 6 nitrogen and oxygen atoms in total. The van der Waals surface area contributed by atoms with E-state index in [0.29, 0.717) is 19.3 Å². The van der Waals surface area contributed by atoms with Gasteiger partial charge < -0.3 is 14.2 Å². The van der Waals surface area contributed by atoms with Gasteiger partial charge in [-0.25, -0.2) is 0 Å². The Morgan fingerprint density at radius 3 is 0.915 bits per heavy atom. The van der Waals surface area contributed by atoms with Gasteiger partial charge in [0, 0.05) is 19.3 Å². The zero-order chi connectivity index (χ0) is 51.4. The third-order valence-corrected chi connectivity index (χ3v) is 13.5. The Labute approximate surface area is 440 Å². The molecule has 0 aromatic heterocycles. The summed E-state index contributed by atoms with van der Waals surface area (Å²) in [6.07, 6.45) is 75.3. The van der Waals surface area contributed by atoms with E-state index < -0.39 is 6.10 Å². The largest absolute Gasteiger partial charge is 0.462 e. The first-order chi connectivity index (χ1) is 35.0. The Bertz CT molecular complexity index is 1280. The summed E-state index contributed by atoms with van der Waals surface area (Å²) in [5.41, 5.74) is 0. The summed E-state index contributed by atoms with van der Waals surface area (Å²) >= 11 is 0. The number of carbonyl (C=O) groups excluding carboxylic acids is 3. The highest BCUT2D eigenvalue weighted by molar-refractivity contribution is 5.71. The van der Waals surface area contributed by atoms with Crippen LogP contribution in [0.1, 0.15) is 316 Å². The highest BCUT2D eigenvalue weighted by Crippen LogP contribution is 2.17. The van der Waals surface area contributed by atoms with Crippen molar-refractivity contribution in [2.45, 2.75) is 322 Å². The molecule has 412 valence electrons. The third kappa shape index (κ3) is 57.9. The van der Waals surface area contributed by atoms with Crippen LogP contribution in [-0.2, 0) is 28.6 Å². The lowest BCUT2D eigenvalue weighted by Gasteiger charge is -2.18. The topological polar surface area (TPSA) is 78.9 Å². The van der Waals surface area contributed by atoms with E-state index in [4.69, 9.17) is 14.2 Å². The van der Waals surface area contributed by atoms with Crippen molar-refractivity contribution in [2.24, 2.45) is 0 Å². The summed E-state index contributed by atoms with van der Waals surface area (Å²) in [6, 6.07) is 0. The molecular formula is C65H116O6. The lowest BCUT2D eigenvalue weighted by molar-refractivity contribution is -0.167. The predicted octanol–water partition coefficient (Wildman–Crippen LogP) is 20.8. The Hall–Kier alpha value is -2.89. The van der Waals surface area contributed by atoms with Crippen molar-refractivity contribution >= 4 is 17.9 Å². The average molecular weight is 994 g/mol. The van der Waals surface area contributed by atoms with Crippen molar-refractivity contribution < 1.29 is 28.6 Å².